The molecule has 0 aliphatic carbocycles. The number of benzene rings is 1. The lowest BCUT2D eigenvalue weighted by Gasteiger charge is -2.13. The van der Waals surface area contributed by atoms with Gasteiger partial charge in [-0.3, -0.25) is 10.4 Å². The van der Waals surface area contributed by atoms with Crippen molar-refractivity contribution in [1.82, 2.24) is 4.98 Å². The Balaban J connectivity index is 2.03. The van der Waals surface area contributed by atoms with Crippen LogP contribution in [0.5, 0.6) is 11.5 Å². The van der Waals surface area contributed by atoms with Crippen molar-refractivity contribution in [3.63, 3.8) is 0 Å². The van der Waals surface area contributed by atoms with Crippen LogP contribution in [0.25, 0.3) is 0 Å². The highest BCUT2D eigenvalue weighted by atomic mass is 16.5. The summed E-state index contributed by atoms with van der Waals surface area (Å²) >= 11 is 0. The van der Waals surface area contributed by atoms with Gasteiger partial charge in [0.15, 0.2) is 11.5 Å². The average molecular weight is 285 g/mol. The lowest BCUT2D eigenvalue weighted by atomic mass is 10.2. The van der Waals surface area contributed by atoms with Crippen LogP contribution >= 0.6 is 0 Å². The highest BCUT2D eigenvalue weighted by Gasteiger charge is 2.08. The standard InChI is InChI=1S/C16H19N3O2/c1-2-20-15-11-13(16(17)18)3-4-14(15)21-10-7-12-5-8-19-9-6-12/h3-6,8-9,11H,2,7,10H2,1H3,(H3,17,18). The third-order valence-corrected chi connectivity index (χ3v) is 2.95. The fraction of sp³-hybridized carbons (Fsp3) is 0.250. The minimum absolute atomic E-state index is 0.0132. The van der Waals surface area contributed by atoms with E-state index >= 15 is 0 Å². The van der Waals surface area contributed by atoms with Crippen molar-refractivity contribution < 1.29 is 9.47 Å². The fourth-order valence-electron chi connectivity index (χ4n) is 1.89. The number of nitrogens with two attached hydrogens (primary N) is 1. The van der Waals surface area contributed by atoms with Gasteiger partial charge < -0.3 is 15.2 Å². The van der Waals surface area contributed by atoms with E-state index in [1.54, 1.807) is 30.6 Å². The molecule has 0 amide bonds. The van der Waals surface area contributed by atoms with Gasteiger partial charge in [-0.1, -0.05) is 0 Å². The molecule has 21 heavy (non-hydrogen) atoms. The van der Waals surface area contributed by atoms with Crippen LogP contribution in [0.15, 0.2) is 42.7 Å². The summed E-state index contributed by atoms with van der Waals surface area (Å²) in [6.45, 7) is 2.98. The van der Waals surface area contributed by atoms with E-state index in [0.29, 0.717) is 30.3 Å². The zero-order valence-corrected chi connectivity index (χ0v) is 12.0. The molecular weight excluding hydrogens is 266 g/mol. The lowest BCUT2D eigenvalue weighted by Crippen LogP contribution is -2.11. The van der Waals surface area contributed by atoms with Crippen LogP contribution < -0.4 is 15.2 Å². The summed E-state index contributed by atoms with van der Waals surface area (Å²) in [6, 6.07) is 9.20. The number of aromatic nitrogens is 1. The summed E-state index contributed by atoms with van der Waals surface area (Å²) in [5, 5.41) is 7.46. The van der Waals surface area contributed by atoms with Gasteiger partial charge in [-0.05, 0) is 42.8 Å². The predicted octanol–water partition coefficient (Wildman–Crippen LogP) is 2.39. The molecule has 5 nitrogen and oxygen atoms in total. The summed E-state index contributed by atoms with van der Waals surface area (Å²) < 4.78 is 11.3. The van der Waals surface area contributed by atoms with Crippen molar-refractivity contribution in [3.8, 4) is 11.5 Å². The van der Waals surface area contributed by atoms with E-state index in [1.807, 2.05) is 19.1 Å². The Labute approximate surface area is 124 Å². The molecule has 0 unspecified atom stereocenters. The number of amidine groups is 1. The fourth-order valence-corrected chi connectivity index (χ4v) is 1.89. The van der Waals surface area contributed by atoms with E-state index in [9.17, 15) is 0 Å². The SMILES string of the molecule is CCOc1cc(C(=N)N)ccc1OCCc1ccncc1. The van der Waals surface area contributed by atoms with Crippen LogP contribution in [0.1, 0.15) is 18.1 Å². The van der Waals surface area contributed by atoms with Gasteiger partial charge in [-0.25, -0.2) is 0 Å². The van der Waals surface area contributed by atoms with Gasteiger partial charge in [-0.15, -0.1) is 0 Å². The van der Waals surface area contributed by atoms with Crippen molar-refractivity contribution in [2.75, 3.05) is 13.2 Å². The number of pyridine rings is 1. The van der Waals surface area contributed by atoms with Crippen LogP contribution in [0.3, 0.4) is 0 Å². The number of ether oxygens (including phenoxy) is 2. The quantitative estimate of drug-likeness (QED) is 0.604. The van der Waals surface area contributed by atoms with Crippen LogP contribution in [-0.4, -0.2) is 24.0 Å². The first-order valence-corrected chi connectivity index (χ1v) is 6.83. The molecule has 5 heteroatoms. The van der Waals surface area contributed by atoms with Gasteiger partial charge in [0.1, 0.15) is 5.84 Å². The maximum atomic E-state index is 7.46. The minimum atomic E-state index is 0.0132. The van der Waals surface area contributed by atoms with Gasteiger partial charge in [0, 0.05) is 24.4 Å². The molecule has 0 saturated carbocycles. The van der Waals surface area contributed by atoms with Crippen molar-refractivity contribution in [1.29, 1.82) is 5.41 Å². The molecule has 1 aromatic heterocycles. The van der Waals surface area contributed by atoms with Crippen LogP contribution in [0, 0.1) is 5.41 Å². The number of hydrogen-bond donors (Lipinski definition) is 2. The Bertz CT molecular complexity index is 600. The van der Waals surface area contributed by atoms with Gasteiger partial charge >= 0.3 is 0 Å². The van der Waals surface area contributed by atoms with Crippen molar-refractivity contribution in [2.45, 2.75) is 13.3 Å². The highest BCUT2D eigenvalue weighted by Crippen LogP contribution is 2.28. The third-order valence-electron chi connectivity index (χ3n) is 2.95. The van der Waals surface area contributed by atoms with Crippen molar-refractivity contribution in [2.24, 2.45) is 5.73 Å². The third kappa shape index (κ3) is 4.21. The zero-order chi connectivity index (χ0) is 15.1. The Morgan fingerprint density at radius 1 is 1.14 bits per heavy atom. The van der Waals surface area contributed by atoms with Crippen LogP contribution in [0.4, 0.5) is 0 Å². The Kier molecular flexibility index (Phi) is 5.15. The Hall–Kier alpha value is -2.56. The molecule has 2 aromatic rings. The second-order valence-corrected chi connectivity index (χ2v) is 4.46. The molecule has 0 radical (unpaired) electrons. The van der Waals surface area contributed by atoms with E-state index in [4.69, 9.17) is 20.6 Å². The number of nitrogens with zero attached hydrogens (tertiary/aromatic N) is 1. The van der Waals surface area contributed by atoms with Crippen LogP contribution in [-0.2, 0) is 6.42 Å². The maximum absolute atomic E-state index is 7.46. The summed E-state index contributed by atoms with van der Waals surface area (Å²) in [5.74, 6) is 1.29. The zero-order valence-electron chi connectivity index (χ0n) is 12.0. The average Bonchev–Trinajstić information content (AvgIpc) is 2.50. The maximum Gasteiger partial charge on any atom is 0.161 e. The van der Waals surface area contributed by atoms with E-state index in [1.165, 1.54) is 5.56 Å². The van der Waals surface area contributed by atoms with Crippen LogP contribution in [0.2, 0.25) is 0 Å². The molecule has 1 aromatic carbocycles. The Morgan fingerprint density at radius 3 is 2.57 bits per heavy atom. The topological polar surface area (TPSA) is 81.2 Å². The molecule has 1 heterocycles. The van der Waals surface area contributed by atoms with E-state index in [0.717, 1.165) is 6.42 Å². The summed E-state index contributed by atoms with van der Waals surface area (Å²) in [6.07, 6.45) is 4.33. The van der Waals surface area contributed by atoms with E-state index < -0.39 is 0 Å². The largest absolute Gasteiger partial charge is 0.490 e. The molecular formula is C16H19N3O2. The van der Waals surface area contributed by atoms with E-state index in [2.05, 4.69) is 4.98 Å². The molecule has 0 fully saturated rings. The normalized spacial score (nSPS) is 10.1. The summed E-state index contributed by atoms with van der Waals surface area (Å²) in [5.41, 5.74) is 7.28. The lowest BCUT2D eigenvalue weighted by molar-refractivity contribution is 0.279. The van der Waals surface area contributed by atoms with Crippen molar-refractivity contribution in [3.05, 3.63) is 53.9 Å². The molecule has 0 saturated heterocycles. The number of hydrogen-bond acceptors (Lipinski definition) is 4. The molecule has 0 aliphatic rings. The summed E-state index contributed by atoms with van der Waals surface area (Å²) in [7, 11) is 0. The van der Waals surface area contributed by atoms with Crippen molar-refractivity contribution >= 4 is 5.84 Å². The molecule has 0 atom stereocenters. The molecule has 110 valence electrons. The van der Waals surface area contributed by atoms with Gasteiger partial charge in [-0.2, -0.15) is 0 Å². The molecule has 0 bridgehead atoms. The molecule has 0 aliphatic heterocycles. The second-order valence-electron chi connectivity index (χ2n) is 4.46. The predicted molar refractivity (Wildman–Crippen MR) is 82.1 cm³/mol. The minimum Gasteiger partial charge on any atom is -0.490 e. The molecule has 0 spiro atoms. The van der Waals surface area contributed by atoms with E-state index in [-0.39, 0.29) is 5.84 Å². The second kappa shape index (κ2) is 7.28. The number of rotatable bonds is 7. The van der Waals surface area contributed by atoms with Gasteiger partial charge in [0.05, 0.1) is 13.2 Å². The molecule has 3 N–H and O–H groups in total. The van der Waals surface area contributed by atoms with Gasteiger partial charge in [0.2, 0.25) is 0 Å². The van der Waals surface area contributed by atoms with Gasteiger partial charge in [0.25, 0.3) is 0 Å². The first-order valence-electron chi connectivity index (χ1n) is 6.83. The smallest absolute Gasteiger partial charge is 0.161 e. The number of nitrogen functional groups attached to an aromatic ring is 1. The molecule has 2 rings (SSSR count). The first-order chi connectivity index (χ1) is 10.2. The number of nitrogens with one attached hydrogen (secondary N) is 1. The highest BCUT2D eigenvalue weighted by molar-refractivity contribution is 5.95. The first kappa shape index (κ1) is 14.8. The Morgan fingerprint density at radius 2 is 1.90 bits per heavy atom. The monoisotopic (exact) mass is 285 g/mol. The summed E-state index contributed by atoms with van der Waals surface area (Å²) in [4.78, 5) is 3.98.